The molecule has 0 spiro atoms. The van der Waals surface area contributed by atoms with Crippen molar-refractivity contribution in [2.24, 2.45) is 0 Å². The lowest BCUT2D eigenvalue weighted by molar-refractivity contribution is 0.350. The van der Waals surface area contributed by atoms with Crippen LogP contribution in [0.2, 0.25) is 0 Å². The van der Waals surface area contributed by atoms with Crippen LogP contribution in [0.1, 0.15) is 11.1 Å². The number of aromatic amines is 1. The number of aromatic nitrogens is 2. The quantitative estimate of drug-likeness (QED) is 0.703. The van der Waals surface area contributed by atoms with E-state index in [4.69, 9.17) is 5.11 Å². The molecule has 2 rings (SSSR count). The van der Waals surface area contributed by atoms with Gasteiger partial charge in [-0.05, 0) is 23.8 Å². The topological polar surface area (TPSA) is 95.1 Å². The average Bonchev–Trinajstić information content (AvgIpc) is 2.98. The van der Waals surface area contributed by atoms with E-state index >= 15 is 0 Å². The van der Waals surface area contributed by atoms with Crippen LogP contribution in [0.4, 0.5) is 0 Å². The molecule has 20 heavy (non-hydrogen) atoms. The molecule has 0 bridgehead atoms. The first-order valence-electron chi connectivity index (χ1n) is 5.79. The number of nitrogens with zero attached hydrogens (tertiary/aromatic N) is 1. The van der Waals surface area contributed by atoms with Gasteiger partial charge in [-0.2, -0.15) is 5.10 Å². The minimum atomic E-state index is -3.59. The van der Waals surface area contributed by atoms with E-state index in [2.05, 4.69) is 26.8 Å². The van der Waals surface area contributed by atoms with E-state index in [1.54, 1.807) is 24.3 Å². The summed E-state index contributed by atoms with van der Waals surface area (Å²) in [5, 5.41) is 14.7. The van der Waals surface area contributed by atoms with Crippen molar-refractivity contribution in [3.63, 3.8) is 0 Å². The molecular weight excluding hydrogens is 278 g/mol. The summed E-state index contributed by atoms with van der Waals surface area (Å²) in [5.41, 5.74) is 1.50. The predicted octanol–water partition coefficient (Wildman–Crippen LogP) is 0.232. The number of benzene rings is 1. The molecule has 0 saturated heterocycles. The maximum Gasteiger partial charge on any atom is 0.257 e. The van der Waals surface area contributed by atoms with Crippen molar-refractivity contribution >= 4 is 10.0 Å². The highest BCUT2D eigenvalue weighted by molar-refractivity contribution is 7.89. The van der Waals surface area contributed by atoms with Gasteiger partial charge in [-0.15, -0.1) is 0 Å². The summed E-state index contributed by atoms with van der Waals surface area (Å²) in [5.74, 6) is 5.31. The van der Waals surface area contributed by atoms with E-state index in [0.717, 1.165) is 11.1 Å². The first-order valence-corrected chi connectivity index (χ1v) is 7.28. The molecule has 3 N–H and O–H groups in total. The van der Waals surface area contributed by atoms with Gasteiger partial charge in [0, 0.05) is 12.1 Å². The number of hydrogen-bond acceptors (Lipinski definition) is 4. The third kappa shape index (κ3) is 3.68. The molecule has 0 radical (unpaired) electrons. The molecule has 104 valence electrons. The lowest BCUT2D eigenvalue weighted by atomic mass is 10.1. The summed E-state index contributed by atoms with van der Waals surface area (Å²) in [6, 6.07) is 8.50. The van der Waals surface area contributed by atoms with E-state index in [9.17, 15) is 8.42 Å². The van der Waals surface area contributed by atoms with Crippen LogP contribution in [0.15, 0.2) is 41.6 Å². The van der Waals surface area contributed by atoms with Gasteiger partial charge < -0.3 is 5.11 Å². The molecule has 6 nitrogen and oxygen atoms in total. The van der Waals surface area contributed by atoms with Crippen molar-refractivity contribution in [1.29, 1.82) is 0 Å². The van der Waals surface area contributed by atoms with Crippen molar-refractivity contribution < 1.29 is 13.5 Å². The van der Waals surface area contributed by atoms with Crippen LogP contribution in [0, 0.1) is 11.8 Å². The monoisotopic (exact) mass is 291 g/mol. The normalized spacial score (nSPS) is 10.8. The highest BCUT2D eigenvalue weighted by atomic mass is 32.2. The lowest BCUT2D eigenvalue weighted by Crippen LogP contribution is -2.23. The van der Waals surface area contributed by atoms with Crippen LogP contribution in [0.5, 0.6) is 0 Å². The summed E-state index contributed by atoms with van der Waals surface area (Å²) >= 11 is 0. The van der Waals surface area contributed by atoms with Gasteiger partial charge in [-0.25, -0.2) is 13.1 Å². The van der Waals surface area contributed by atoms with Crippen molar-refractivity contribution in [1.82, 2.24) is 14.9 Å². The Morgan fingerprint density at radius 3 is 2.90 bits per heavy atom. The summed E-state index contributed by atoms with van der Waals surface area (Å²) in [6.07, 6.45) is 1.37. The van der Waals surface area contributed by atoms with Gasteiger partial charge in [-0.3, -0.25) is 5.10 Å². The SMILES string of the molecule is O=S(=O)(NCc1cccc(C#CCO)c1)c1ccn[nH]1. The minimum absolute atomic E-state index is 0.0220. The second kappa shape index (κ2) is 6.34. The lowest BCUT2D eigenvalue weighted by Gasteiger charge is -2.05. The van der Waals surface area contributed by atoms with E-state index in [0.29, 0.717) is 0 Å². The van der Waals surface area contributed by atoms with E-state index in [-0.39, 0.29) is 18.2 Å². The number of sulfonamides is 1. The van der Waals surface area contributed by atoms with Gasteiger partial charge >= 0.3 is 0 Å². The van der Waals surface area contributed by atoms with Crippen LogP contribution in [0.25, 0.3) is 0 Å². The Balaban J connectivity index is 2.08. The van der Waals surface area contributed by atoms with Crippen LogP contribution < -0.4 is 4.72 Å². The zero-order valence-corrected chi connectivity index (χ0v) is 11.3. The van der Waals surface area contributed by atoms with Gasteiger partial charge in [-0.1, -0.05) is 24.0 Å². The molecule has 0 unspecified atom stereocenters. The molecule has 0 amide bonds. The molecule has 0 saturated carbocycles. The molecule has 0 aliphatic carbocycles. The van der Waals surface area contributed by atoms with E-state index in [1.807, 2.05) is 0 Å². The Bertz CT molecular complexity index is 728. The van der Waals surface area contributed by atoms with Crippen LogP contribution in [-0.2, 0) is 16.6 Å². The minimum Gasteiger partial charge on any atom is -0.384 e. The molecule has 2 aromatic rings. The standard InChI is InChI=1S/C13H13N3O3S/c17-8-2-5-11-3-1-4-12(9-11)10-15-20(18,19)13-6-7-14-16-13/h1,3-4,6-7,9,15,17H,8,10H2,(H,14,16). The largest absolute Gasteiger partial charge is 0.384 e. The Labute approximate surface area is 116 Å². The molecule has 1 heterocycles. The van der Waals surface area contributed by atoms with Crippen LogP contribution in [0.3, 0.4) is 0 Å². The number of rotatable bonds is 4. The molecule has 0 atom stereocenters. The highest BCUT2D eigenvalue weighted by Crippen LogP contribution is 2.07. The van der Waals surface area contributed by atoms with E-state index < -0.39 is 10.0 Å². The number of aliphatic hydroxyl groups is 1. The summed E-state index contributed by atoms with van der Waals surface area (Å²) in [4.78, 5) is 0. The maximum atomic E-state index is 11.9. The van der Waals surface area contributed by atoms with Gasteiger partial charge in [0.1, 0.15) is 6.61 Å². The number of nitrogens with one attached hydrogen (secondary N) is 2. The summed E-state index contributed by atoms with van der Waals surface area (Å²) < 4.78 is 26.2. The van der Waals surface area contributed by atoms with Crippen LogP contribution in [-0.4, -0.2) is 30.3 Å². The van der Waals surface area contributed by atoms with Crippen LogP contribution >= 0.6 is 0 Å². The fourth-order valence-corrected chi connectivity index (χ4v) is 2.47. The summed E-state index contributed by atoms with van der Waals surface area (Å²) in [7, 11) is -3.59. The molecule has 0 aliphatic rings. The van der Waals surface area contributed by atoms with Crippen molar-refractivity contribution in [2.45, 2.75) is 11.6 Å². The first-order chi connectivity index (χ1) is 9.62. The molecule has 0 fully saturated rings. The second-order valence-electron chi connectivity index (χ2n) is 3.91. The molecule has 7 heteroatoms. The van der Waals surface area contributed by atoms with Gasteiger partial charge in [0.15, 0.2) is 5.03 Å². The summed E-state index contributed by atoms with van der Waals surface area (Å²) in [6.45, 7) is -0.0628. The molecular formula is C13H13N3O3S. The second-order valence-corrected chi connectivity index (χ2v) is 5.64. The predicted molar refractivity (Wildman–Crippen MR) is 73.0 cm³/mol. The third-order valence-electron chi connectivity index (χ3n) is 2.47. The average molecular weight is 291 g/mol. The number of H-pyrrole nitrogens is 1. The highest BCUT2D eigenvalue weighted by Gasteiger charge is 2.14. The van der Waals surface area contributed by atoms with E-state index in [1.165, 1.54) is 12.3 Å². The number of hydrogen-bond donors (Lipinski definition) is 3. The third-order valence-corrected chi connectivity index (χ3v) is 3.80. The zero-order valence-electron chi connectivity index (χ0n) is 10.5. The molecule has 1 aromatic heterocycles. The maximum absolute atomic E-state index is 11.9. The van der Waals surface area contributed by atoms with Crippen molar-refractivity contribution in [2.75, 3.05) is 6.61 Å². The zero-order chi connectivity index (χ0) is 14.4. The fraction of sp³-hybridized carbons (Fsp3) is 0.154. The fourth-order valence-electron chi connectivity index (χ4n) is 1.55. The molecule has 1 aromatic carbocycles. The smallest absolute Gasteiger partial charge is 0.257 e. The van der Waals surface area contributed by atoms with Gasteiger partial charge in [0.2, 0.25) is 0 Å². The Morgan fingerprint density at radius 1 is 1.35 bits per heavy atom. The van der Waals surface area contributed by atoms with Crippen molar-refractivity contribution in [3.8, 4) is 11.8 Å². The number of aliphatic hydroxyl groups excluding tert-OH is 1. The Hall–Kier alpha value is -2.14. The molecule has 0 aliphatic heterocycles. The van der Waals surface area contributed by atoms with Gasteiger partial charge in [0.05, 0.1) is 6.20 Å². The first kappa shape index (κ1) is 14.3. The Kier molecular flexibility index (Phi) is 4.53. The van der Waals surface area contributed by atoms with Crippen molar-refractivity contribution in [3.05, 3.63) is 47.7 Å². The van der Waals surface area contributed by atoms with Gasteiger partial charge in [0.25, 0.3) is 10.0 Å². The Morgan fingerprint density at radius 2 is 2.20 bits per heavy atom.